The van der Waals surface area contributed by atoms with Crippen molar-refractivity contribution in [3.05, 3.63) is 52.0 Å². The fourth-order valence-corrected chi connectivity index (χ4v) is 3.61. The molecule has 1 N–H and O–H groups in total. The van der Waals surface area contributed by atoms with Crippen molar-refractivity contribution in [2.24, 2.45) is 0 Å². The van der Waals surface area contributed by atoms with E-state index in [2.05, 4.69) is 41.9 Å². The normalized spacial score (nSPS) is 11.3. The lowest BCUT2D eigenvalue weighted by Gasteiger charge is -2.17. The van der Waals surface area contributed by atoms with Gasteiger partial charge in [0.2, 0.25) is 0 Å². The Bertz CT molecular complexity index is 985. The minimum Gasteiger partial charge on any atom is -0.485 e. The molecule has 0 aliphatic rings. The number of ether oxygens (including phenoxy) is 1. The standard InChI is InChI=1S/C22H30N4O2S/c1-5-25(6-2)12-7-13-26-21(23-24-22(26)29)20-11-9-18(28-20)15-27-19-10-8-16(3)14-17(19)4/h8-11,14H,5-7,12-13,15H2,1-4H3,(H,24,29). The molecule has 2 aromatic heterocycles. The number of rotatable bonds is 10. The second kappa shape index (κ2) is 9.89. The summed E-state index contributed by atoms with van der Waals surface area (Å²) in [6.07, 6.45) is 1.01. The molecule has 6 nitrogen and oxygen atoms in total. The summed E-state index contributed by atoms with van der Waals surface area (Å²) in [6, 6.07) is 10.0. The fourth-order valence-electron chi connectivity index (χ4n) is 3.39. The highest BCUT2D eigenvalue weighted by Crippen LogP contribution is 2.24. The van der Waals surface area contributed by atoms with E-state index in [-0.39, 0.29) is 0 Å². The zero-order valence-corrected chi connectivity index (χ0v) is 18.5. The van der Waals surface area contributed by atoms with Crippen molar-refractivity contribution >= 4 is 12.2 Å². The number of H-pyrrole nitrogens is 1. The SMILES string of the molecule is CCN(CC)CCCn1c(-c2ccc(COc3ccc(C)cc3C)o2)n[nH]c1=S. The lowest BCUT2D eigenvalue weighted by atomic mass is 10.1. The number of aromatic amines is 1. The van der Waals surface area contributed by atoms with E-state index in [1.807, 2.05) is 35.8 Å². The van der Waals surface area contributed by atoms with Crippen molar-refractivity contribution in [3.63, 3.8) is 0 Å². The van der Waals surface area contributed by atoms with E-state index in [0.29, 0.717) is 17.1 Å². The first-order chi connectivity index (χ1) is 14.0. The third-order valence-electron chi connectivity index (χ3n) is 5.09. The van der Waals surface area contributed by atoms with Gasteiger partial charge in [-0.25, -0.2) is 0 Å². The lowest BCUT2D eigenvalue weighted by molar-refractivity contribution is 0.270. The smallest absolute Gasteiger partial charge is 0.198 e. The Morgan fingerprint density at radius 1 is 1.17 bits per heavy atom. The maximum Gasteiger partial charge on any atom is 0.198 e. The van der Waals surface area contributed by atoms with E-state index in [1.54, 1.807) is 0 Å². The van der Waals surface area contributed by atoms with Crippen LogP contribution >= 0.6 is 12.2 Å². The number of benzene rings is 1. The van der Waals surface area contributed by atoms with E-state index in [1.165, 1.54) is 5.56 Å². The van der Waals surface area contributed by atoms with Gasteiger partial charge in [0.05, 0.1) is 0 Å². The van der Waals surface area contributed by atoms with Crippen LogP contribution in [-0.2, 0) is 13.2 Å². The fraction of sp³-hybridized carbons (Fsp3) is 0.455. The molecule has 2 heterocycles. The van der Waals surface area contributed by atoms with Crippen molar-refractivity contribution in [3.8, 4) is 17.3 Å². The summed E-state index contributed by atoms with van der Waals surface area (Å²) >= 11 is 5.42. The maximum atomic E-state index is 5.99. The molecule has 156 valence electrons. The predicted octanol–water partition coefficient (Wildman–Crippen LogP) is 5.13. The molecule has 7 heteroatoms. The molecule has 1 aromatic carbocycles. The average Bonchev–Trinajstić information content (AvgIpc) is 3.31. The Morgan fingerprint density at radius 2 is 1.97 bits per heavy atom. The molecule has 0 saturated carbocycles. The Balaban J connectivity index is 1.66. The van der Waals surface area contributed by atoms with Crippen LogP contribution < -0.4 is 4.74 Å². The molecule has 0 saturated heterocycles. The van der Waals surface area contributed by atoms with Gasteiger partial charge in [-0.1, -0.05) is 31.5 Å². The van der Waals surface area contributed by atoms with Crippen LogP contribution in [0.4, 0.5) is 0 Å². The minimum absolute atomic E-state index is 0.372. The van der Waals surface area contributed by atoms with Crippen LogP contribution in [-0.4, -0.2) is 39.3 Å². The van der Waals surface area contributed by atoms with E-state index < -0.39 is 0 Å². The van der Waals surface area contributed by atoms with Gasteiger partial charge in [-0.2, -0.15) is 5.10 Å². The van der Waals surface area contributed by atoms with Gasteiger partial charge in [-0.3, -0.25) is 9.67 Å². The van der Waals surface area contributed by atoms with Gasteiger partial charge in [0.25, 0.3) is 0 Å². The van der Waals surface area contributed by atoms with Crippen LogP contribution in [0.5, 0.6) is 5.75 Å². The molecule has 0 spiro atoms. The van der Waals surface area contributed by atoms with E-state index >= 15 is 0 Å². The number of aromatic nitrogens is 3. The van der Waals surface area contributed by atoms with Gasteiger partial charge in [0.1, 0.15) is 18.1 Å². The third kappa shape index (κ3) is 5.36. The summed E-state index contributed by atoms with van der Waals surface area (Å²) in [6.45, 7) is 12.8. The maximum absolute atomic E-state index is 5.99. The average molecular weight is 415 g/mol. The highest BCUT2D eigenvalue weighted by Gasteiger charge is 2.14. The molecule has 0 unspecified atom stereocenters. The second-order valence-electron chi connectivity index (χ2n) is 7.21. The van der Waals surface area contributed by atoms with Crippen LogP contribution in [0.3, 0.4) is 0 Å². The van der Waals surface area contributed by atoms with Crippen molar-refractivity contribution in [2.75, 3.05) is 19.6 Å². The van der Waals surface area contributed by atoms with Gasteiger partial charge in [0, 0.05) is 6.54 Å². The van der Waals surface area contributed by atoms with Gasteiger partial charge in [-0.05, 0) is 75.9 Å². The Labute approximate surface area is 177 Å². The Morgan fingerprint density at radius 3 is 2.69 bits per heavy atom. The molecule has 0 fully saturated rings. The highest BCUT2D eigenvalue weighted by molar-refractivity contribution is 7.71. The summed E-state index contributed by atoms with van der Waals surface area (Å²) < 4.78 is 14.5. The third-order valence-corrected chi connectivity index (χ3v) is 5.40. The molecule has 0 atom stereocenters. The van der Waals surface area contributed by atoms with Gasteiger partial charge in [0.15, 0.2) is 16.4 Å². The largest absolute Gasteiger partial charge is 0.485 e. The molecular weight excluding hydrogens is 384 g/mol. The number of hydrogen-bond donors (Lipinski definition) is 1. The van der Waals surface area contributed by atoms with E-state index in [4.69, 9.17) is 21.4 Å². The zero-order chi connectivity index (χ0) is 20.8. The molecular formula is C22H30N4O2S. The molecule has 3 aromatic rings. The molecule has 0 amide bonds. The van der Waals surface area contributed by atoms with Crippen molar-refractivity contribution in [2.45, 2.75) is 47.3 Å². The Hall–Kier alpha value is -2.38. The summed E-state index contributed by atoms with van der Waals surface area (Å²) in [5.41, 5.74) is 2.34. The lowest BCUT2D eigenvalue weighted by Crippen LogP contribution is -2.24. The monoisotopic (exact) mass is 414 g/mol. The number of nitrogens with one attached hydrogen (secondary N) is 1. The van der Waals surface area contributed by atoms with Gasteiger partial charge in [-0.15, -0.1) is 0 Å². The molecule has 29 heavy (non-hydrogen) atoms. The number of nitrogens with zero attached hydrogens (tertiary/aromatic N) is 3. The van der Waals surface area contributed by atoms with E-state index in [9.17, 15) is 0 Å². The molecule has 0 radical (unpaired) electrons. The summed E-state index contributed by atoms with van der Waals surface area (Å²) in [5.74, 6) is 3.04. The van der Waals surface area contributed by atoms with E-state index in [0.717, 1.165) is 55.5 Å². The molecule has 0 aliphatic carbocycles. The quantitative estimate of drug-likeness (QED) is 0.466. The summed E-state index contributed by atoms with van der Waals surface area (Å²) in [7, 11) is 0. The van der Waals surface area contributed by atoms with Crippen LogP contribution in [0.1, 0.15) is 37.2 Å². The predicted molar refractivity (Wildman–Crippen MR) is 118 cm³/mol. The van der Waals surface area contributed by atoms with Crippen molar-refractivity contribution < 1.29 is 9.15 Å². The zero-order valence-electron chi connectivity index (χ0n) is 17.7. The molecule has 3 rings (SSSR count). The van der Waals surface area contributed by atoms with Crippen LogP contribution in [0.15, 0.2) is 34.7 Å². The van der Waals surface area contributed by atoms with Gasteiger partial charge >= 0.3 is 0 Å². The van der Waals surface area contributed by atoms with Crippen LogP contribution in [0, 0.1) is 18.6 Å². The van der Waals surface area contributed by atoms with Crippen LogP contribution in [0.25, 0.3) is 11.6 Å². The second-order valence-corrected chi connectivity index (χ2v) is 7.59. The van der Waals surface area contributed by atoms with Crippen molar-refractivity contribution in [1.29, 1.82) is 0 Å². The molecule has 0 aliphatic heterocycles. The number of furan rings is 1. The van der Waals surface area contributed by atoms with Crippen molar-refractivity contribution in [1.82, 2.24) is 19.7 Å². The van der Waals surface area contributed by atoms with Gasteiger partial charge < -0.3 is 14.1 Å². The first kappa shape index (κ1) is 21.3. The molecule has 0 bridgehead atoms. The summed E-state index contributed by atoms with van der Waals surface area (Å²) in [5, 5.41) is 7.27. The summed E-state index contributed by atoms with van der Waals surface area (Å²) in [4.78, 5) is 2.40. The van der Waals surface area contributed by atoms with Crippen LogP contribution in [0.2, 0.25) is 0 Å². The topological polar surface area (TPSA) is 59.2 Å². The number of hydrogen-bond acceptors (Lipinski definition) is 5. The first-order valence-electron chi connectivity index (χ1n) is 10.2. The number of aryl methyl sites for hydroxylation is 2. The highest BCUT2D eigenvalue weighted by atomic mass is 32.1. The minimum atomic E-state index is 0.372. The Kier molecular flexibility index (Phi) is 7.28. The first-order valence-corrected chi connectivity index (χ1v) is 10.6.